The van der Waals surface area contributed by atoms with Gasteiger partial charge in [0.2, 0.25) is 5.16 Å². The third kappa shape index (κ3) is 3.89. The number of hydrogen-bond donors (Lipinski definition) is 1. The number of anilines is 1. The van der Waals surface area contributed by atoms with Crippen molar-refractivity contribution in [3.8, 4) is 11.4 Å². The monoisotopic (exact) mass is 412 g/mol. The lowest BCUT2D eigenvalue weighted by molar-refractivity contribution is 0.425. The molecule has 0 amide bonds. The highest BCUT2D eigenvalue weighted by atomic mass is 32.2. The molecule has 0 atom stereocenters. The lowest BCUT2D eigenvalue weighted by Crippen LogP contribution is -2.22. The Hall–Kier alpha value is -2.43. The second-order valence-electron chi connectivity index (χ2n) is 6.34. The van der Waals surface area contributed by atoms with E-state index in [2.05, 4.69) is 35.5 Å². The average Bonchev–Trinajstić information content (AvgIpc) is 3.00. The van der Waals surface area contributed by atoms with E-state index in [4.69, 9.17) is 0 Å². The van der Waals surface area contributed by atoms with E-state index in [0.717, 1.165) is 35.1 Å². The molecule has 0 saturated carbocycles. The van der Waals surface area contributed by atoms with E-state index in [1.807, 2.05) is 50.7 Å². The zero-order chi connectivity index (χ0) is 19.5. The molecule has 3 heterocycles. The number of nitrogens with zero attached hydrogens (tertiary/aromatic N) is 7. The summed E-state index contributed by atoms with van der Waals surface area (Å²) in [5.41, 5.74) is 1.83. The topological polar surface area (TPSA) is 84.1 Å². The number of aromatic nitrogens is 5. The van der Waals surface area contributed by atoms with Crippen molar-refractivity contribution in [3.63, 3.8) is 0 Å². The predicted octanol–water partition coefficient (Wildman–Crippen LogP) is 2.78. The Morgan fingerprint density at radius 2 is 1.96 bits per heavy atom. The summed E-state index contributed by atoms with van der Waals surface area (Å²) in [7, 11) is 4.09. The van der Waals surface area contributed by atoms with Crippen molar-refractivity contribution in [1.82, 2.24) is 29.7 Å². The van der Waals surface area contributed by atoms with E-state index in [1.165, 1.54) is 23.5 Å². The van der Waals surface area contributed by atoms with Gasteiger partial charge in [0, 0.05) is 18.7 Å². The minimum Gasteiger partial charge on any atom is -0.368 e. The highest BCUT2D eigenvalue weighted by Crippen LogP contribution is 2.35. The summed E-state index contributed by atoms with van der Waals surface area (Å²) in [5.74, 6) is 1.49. The molecule has 0 fully saturated rings. The predicted molar refractivity (Wildman–Crippen MR) is 113 cm³/mol. The maximum atomic E-state index is 4.67. The first-order chi connectivity index (χ1) is 13.7. The summed E-state index contributed by atoms with van der Waals surface area (Å²) in [6, 6.07) is 9.91. The number of hydrogen-bond acceptors (Lipinski definition) is 9. The molecule has 144 valence electrons. The fourth-order valence-electron chi connectivity index (χ4n) is 2.65. The Morgan fingerprint density at radius 3 is 2.71 bits per heavy atom. The van der Waals surface area contributed by atoms with Crippen molar-refractivity contribution in [2.75, 3.05) is 38.8 Å². The van der Waals surface area contributed by atoms with Crippen LogP contribution in [0.15, 0.2) is 50.8 Å². The molecule has 8 nitrogen and oxygen atoms in total. The maximum Gasteiger partial charge on any atom is 0.218 e. The molecule has 1 N–H and O–H groups in total. The molecular formula is C18H20N8S2. The second kappa shape index (κ2) is 8.29. The van der Waals surface area contributed by atoms with Gasteiger partial charge in [0.15, 0.2) is 11.0 Å². The van der Waals surface area contributed by atoms with Gasteiger partial charge in [-0.3, -0.25) is 0 Å². The normalized spacial score (nSPS) is 12.6. The molecule has 3 aromatic rings. The minimum atomic E-state index is 0.679. The number of fused-ring (bicyclic) bond motifs is 2. The first kappa shape index (κ1) is 18.9. The lowest BCUT2D eigenvalue weighted by atomic mass is 10.2. The van der Waals surface area contributed by atoms with Gasteiger partial charge in [-0.2, -0.15) is 9.78 Å². The van der Waals surface area contributed by atoms with Crippen molar-refractivity contribution in [2.24, 2.45) is 5.10 Å². The molecule has 1 aliphatic rings. The largest absolute Gasteiger partial charge is 0.368 e. The number of likely N-dealkylation sites (N-methyl/N-ethyl adjacent to an activating group) is 1. The summed E-state index contributed by atoms with van der Waals surface area (Å²) in [6.07, 6.45) is 3.76. The summed E-state index contributed by atoms with van der Waals surface area (Å²) < 4.78 is 1.75. The van der Waals surface area contributed by atoms with E-state index >= 15 is 0 Å². The van der Waals surface area contributed by atoms with Crippen LogP contribution in [0.3, 0.4) is 0 Å². The summed E-state index contributed by atoms with van der Waals surface area (Å²) in [5, 5.41) is 18.9. The minimum absolute atomic E-state index is 0.679. The highest BCUT2D eigenvalue weighted by molar-refractivity contribution is 7.99. The Labute approximate surface area is 171 Å². The Bertz CT molecular complexity index is 1000. The molecular weight excluding hydrogens is 392 g/mol. The second-order valence-corrected chi connectivity index (χ2v) is 8.07. The quantitative estimate of drug-likeness (QED) is 0.294. The van der Waals surface area contributed by atoms with Gasteiger partial charge in [0.05, 0.1) is 11.8 Å². The van der Waals surface area contributed by atoms with Crippen molar-refractivity contribution in [3.05, 3.63) is 35.9 Å². The van der Waals surface area contributed by atoms with Crippen LogP contribution in [0.2, 0.25) is 0 Å². The number of benzene rings is 1. The fourth-order valence-corrected chi connectivity index (χ4v) is 3.94. The lowest BCUT2D eigenvalue weighted by Gasteiger charge is -2.14. The van der Waals surface area contributed by atoms with E-state index < -0.39 is 0 Å². The molecule has 10 heteroatoms. The third-order valence-corrected chi connectivity index (χ3v) is 5.55. The fraction of sp³-hybridized carbons (Fsp3) is 0.278. The zero-order valence-electron chi connectivity index (χ0n) is 15.8. The van der Waals surface area contributed by atoms with Crippen LogP contribution in [-0.4, -0.2) is 69.4 Å². The number of thioether (sulfide) groups is 1. The average molecular weight is 413 g/mol. The van der Waals surface area contributed by atoms with Gasteiger partial charge in [-0.25, -0.2) is 9.97 Å². The molecule has 0 unspecified atom stereocenters. The van der Waals surface area contributed by atoms with Crippen LogP contribution in [0.25, 0.3) is 11.4 Å². The van der Waals surface area contributed by atoms with Crippen molar-refractivity contribution in [1.29, 1.82) is 0 Å². The Kier molecular flexibility index (Phi) is 5.60. The number of nitrogens with one attached hydrogen (secondary N) is 1. The molecule has 0 bridgehead atoms. The van der Waals surface area contributed by atoms with Crippen LogP contribution < -0.4 is 5.32 Å². The van der Waals surface area contributed by atoms with E-state index in [9.17, 15) is 0 Å². The molecule has 28 heavy (non-hydrogen) atoms. The summed E-state index contributed by atoms with van der Waals surface area (Å²) in [6.45, 7) is 1.69. The molecule has 0 radical (unpaired) electrons. The SMILES string of the molecule is CSc1nc(NCCN(C)C)c2c(n1)Sc1nnc(-c3ccccc3)n1N=C2. The standard InChI is InChI=1S/C18H20N8S2/c1-25(2)10-9-19-14-13-11-20-26-15(12-7-5-4-6-8-12)23-24-18(26)28-16(13)22-17(21-14)27-3/h4-8,11H,9-10H2,1-3H3,(H,19,21,22). The number of rotatable bonds is 6. The van der Waals surface area contributed by atoms with Gasteiger partial charge in [-0.05, 0) is 32.1 Å². The molecule has 4 rings (SSSR count). The first-order valence-electron chi connectivity index (χ1n) is 8.73. The van der Waals surface area contributed by atoms with E-state index in [0.29, 0.717) is 16.1 Å². The van der Waals surface area contributed by atoms with Crippen LogP contribution in [0.4, 0.5) is 5.82 Å². The van der Waals surface area contributed by atoms with Gasteiger partial charge in [-0.1, -0.05) is 42.1 Å². The summed E-state index contributed by atoms with van der Waals surface area (Å²) in [4.78, 5) is 11.4. The van der Waals surface area contributed by atoms with Crippen LogP contribution in [-0.2, 0) is 0 Å². The van der Waals surface area contributed by atoms with E-state index in [-0.39, 0.29) is 0 Å². The summed E-state index contributed by atoms with van der Waals surface area (Å²) >= 11 is 2.96. The molecule has 2 aromatic heterocycles. The molecule has 0 aliphatic carbocycles. The third-order valence-electron chi connectivity index (χ3n) is 4.06. The first-order valence-corrected chi connectivity index (χ1v) is 10.8. The van der Waals surface area contributed by atoms with E-state index in [1.54, 1.807) is 10.9 Å². The molecule has 1 aliphatic heterocycles. The smallest absolute Gasteiger partial charge is 0.218 e. The molecule has 0 spiro atoms. The van der Waals surface area contributed by atoms with Crippen LogP contribution in [0, 0.1) is 0 Å². The van der Waals surface area contributed by atoms with Gasteiger partial charge in [0.1, 0.15) is 10.8 Å². The van der Waals surface area contributed by atoms with Crippen molar-refractivity contribution in [2.45, 2.75) is 15.3 Å². The zero-order valence-corrected chi connectivity index (χ0v) is 17.5. The van der Waals surface area contributed by atoms with Gasteiger partial charge in [-0.15, -0.1) is 10.2 Å². The van der Waals surface area contributed by atoms with Gasteiger partial charge >= 0.3 is 0 Å². The molecule has 0 saturated heterocycles. The Balaban J connectivity index is 1.72. The van der Waals surface area contributed by atoms with Gasteiger partial charge < -0.3 is 10.2 Å². The van der Waals surface area contributed by atoms with Crippen LogP contribution in [0.1, 0.15) is 5.56 Å². The maximum absolute atomic E-state index is 4.67. The van der Waals surface area contributed by atoms with Crippen molar-refractivity contribution < 1.29 is 0 Å². The van der Waals surface area contributed by atoms with Crippen molar-refractivity contribution >= 4 is 35.6 Å². The van der Waals surface area contributed by atoms with Crippen LogP contribution in [0.5, 0.6) is 0 Å². The Morgan fingerprint density at radius 1 is 1.14 bits per heavy atom. The highest BCUT2D eigenvalue weighted by Gasteiger charge is 2.22. The van der Waals surface area contributed by atoms with Crippen LogP contribution >= 0.6 is 23.5 Å². The van der Waals surface area contributed by atoms with Gasteiger partial charge in [0.25, 0.3) is 0 Å². The molecule has 1 aromatic carbocycles.